The Morgan fingerprint density at radius 1 is 1.35 bits per heavy atom. The first-order chi connectivity index (χ1) is 9.32. The molecule has 0 fully saturated rings. The number of alkyl halides is 3. The Balaban J connectivity index is 2.45. The number of carbonyl (C=O) groups is 1. The summed E-state index contributed by atoms with van der Waals surface area (Å²) in [6, 6.07) is 4.84. The van der Waals surface area contributed by atoms with E-state index < -0.39 is 17.7 Å². The van der Waals surface area contributed by atoms with Crippen molar-refractivity contribution in [2.75, 3.05) is 7.11 Å². The van der Waals surface area contributed by atoms with Gasteiger partial charge >= 0.3 is 12.1 Å². The predicted molar refractivity (Wildman–Crippen MR) is 68.6 cm³/mol. The van der Waals surface area contributed by atoms with Crippen molar-refractivity contribution in [3.05, 3.63) is 40.4 Å². The summed E-state index contributed by atoms with van der Waals surface area (Å²) < 4.78 is 42.6. The highest BCUT2D eigenvalue weighted by molar-refractivity contribution is 7.17. The van der Waals surface area contributed by atoms with Crippen LogP contribution in [0.15, 0.2) is 24.3 Å². The van der Waals surface area contributed by atoms with E-state index in [1.165, 1.54) is 19.2 Å². The highest BCUT2D eigenvalue weighted by Crippen LogP contribution is 2.34. The number of carbonyl (C=O) groups excluding carboxylic acids is 1. The summed E-state index contributed by atoms with van der Waals surface area (Å²) in [4.78, 5) is 15.9. The SMILES string of the molecule is COC(=O)c1sc(-c2cccc(C(F)(F)F)c2)nc1C. The lowest BCUT2D eigenvalue weighted by Gasteiger charge is -2.07. The topological polar surface area (TPSA) is 39.2 Å². The number of aryl methyl sites for hydroxylation is 1. The molecule has 0 aliphatic heterocycles. The van der Waals surface area contributed by atoms with Crippen molar-refractivity contribution in [3.8, 4) is 10.6 Å². The van der Waals surface area contributed by atoms with Gasteiger partial charge in [-0.25, -0.2) is 9.78 Å². The number of halogens is 3. The lowest BCUT2D eigenvalue weighted by Crippen LogP contribution is -2.04. The van der Waals surface area contributed by atoms with E-state index in [4.69, 9.17) is 0 Å². The van der Waals surface area contributed by atoms with Gasteiger partial charge in [0.25, 0.3) is 0 Å². The zero-order chi connectivity index (χ0) is 14.9. The molecular weight excluding hydrogens is 291 g/mol. The average Bonchev–Trinajstić information content (AvgIpc) is 2.79. The smallest absolute Gasteiger partial charge is 0.416 e. The minimum atomic E-state index is -4.41. The van der Waals surface area contributed by atoms with E-state index in [-0.39, 0.29) is 0 Å². The fraction of sp³-hybridized carbons (Fsp3) is 0.231. The minimum absolute atomic E-state index is 0.292. The molecule has 0 unspecified atom stereocenters. The van der Waals surface area contributed by atoms with Crippen molar-refractivity contribution in [2.45, 2.75) is 13.1 Å². The second-order valence-electron chi connectivity index (χ2n) is 4.00. The second kappa shape index (κ2) is 5.24. The fourth-order valence-corrected chi connectivity index (χ4v) is 2.61. The summed E-state index contributed by atoms with van der Waals surface area (Å²) in [5, 5.41) is 0.356. The first kappa shape index (κ1) is 14.5. The van der Waals surface area contributed by atoms with E-state index in [1.807, 2.05) is 0 Å². The van der Waals surface area contributed by atoms with E-state index >= 15 is 0 Å². The van der Waals surface area contributed by atoms with Gasteiger partial charge in [0.2, 0.25) is 0 Å². The molecule has 3 nitrogen and oxygen atoms in total. The normalized spacial score (nSPS) is 11.4. The van der Waals surface area contributed by atoms with Crippen LogP contribution in [0.25, 0.3) is 10.6 Å². The maximum atomic E-state index is 12.7. The van der Waals surface area contributed by atoms with Crippen LogP contribution in [0.2, 0.25) is 0 Å². The summed E-state index contributed by atoms with van der Waals surface area (Å²) >= 11 is 1.01. The summed E-state index contributed by atoms with van der Waals surface area (Å²) in [5.74, 6) is -0.543. The number of hydrogen-bond acceptors (Lipinski definition) is 4. The largest absolute Gasteiger partial charge is 0.465 e. The van der Waals surface area contributed by atoms with Crippen LogP contribution in [0.1, 0.15) is 20.9 Å². The third-order valence-corrected chi connectivity index (χ3v) is 3.79. The van der Waals surface area contributed by atoms with Crippen LogP contribution < -0.4 is 0 Å². The Morgan fingerprint density at radius 3 is 2.65 bits per heavy atom. The molecule has 7 heteroatoms. The van der Waals surface area contributed by atoms with E-state index in [0.29, 0.717) is 21.1 Å². The maximum Gasteiger partial charge on any atom is 0.416 e. The molecule has 0 aliphatic carbocycles. The van der Waals surface area contributed by atoms with E-state index in [0.717, 1.165) is 23.5 Å². The molecule has 0 saturated heterocycles. The van der Waals surface area contributed by atoms with Crippen molar-refractivity contribution in [1.82, 2.24) is 4.98 Å². The van der Waals surface area contributed by atoms with Gasteiger partial charge in [-0.15, -0.1) is 11.3 Å². The van der Waals surface area contributed by atoms with Gasteiger partial charge in [0.05, 0.1) is 18.4 Å². The van der Waals surface area contributed by atoms with Crippen molar-refractivity contribution < 1.29 is 22.7 Å². The number of thiazole rings is 1. The maximum absolute atomic E-state index is 12.7. The van der Waals surface area contributed by atoms with Gasteiger partial charge in [-0.3, -0.25) is 0 Å². The fourth-order valence-electron chi connectivity index (χ4n) is 1.63. The molecule has 1 aromatic carbocycles. The first-order valence-electron chi connectivity index (χ1n) is 5.56. The molecular formula is C13H10F3NO2S. The summed E-state index contributed by atoms with van der Waals surface area (Å²) in [6.45, 7) is 1.61. The van der Waals surface area contributed by atoms with Crippen LogP contribution in [0.5, 0.6) is 0 Å². The molecule has 0 amide bonds. The minimum Gasteiger partial charge on any atom is -0.465 e. The molecule has 0 radical (unpaired) electrons. The van der Waals surface area contributed by atoms with Crippen LogP contribution in [-0.2, 0) is 10.9 Å². The molecule has 20 heavy (non-hydrogen) atoms. The number of aromatic nitrogens is 1. The quantitative estimate of drug-likeness (QED) is 0.789. The monoisotopic (exact) mass is 301 g/mol. The number of benzene rings is 1. The Bertz CT molecular complexity index is 649. The number of esters is 1. The predicted octanol–water partition coefficient (Wildman–Crippen LogP) is 3.92. The lowest BCUT2D eigenvalue weighted by atomic mass is 10.1. The number of methoxy groups -OCH3 is 1. The van der Waals surface area contributed by atoms with Gasteiger partial charge in [-0.2, -0.15) is 13.2 Å². The summed E-state index contributed by atoms with van der Waals surface area (Å²) in [5.41, 5.74) is 0.0137. The highest BCUT2D eigenvalue weighted by atomic mass is 32.1. The number of rotatable bonds is 2. The molecule has 1 heterocycles. The zero-order valence-electron chi connectivity index (χ0n) is 10.6. The van der Waals surface area contributed by atoms with Gasteiger partial charge in [0, 0.05) is 5.56 Å². The third-order valence-electron chi connectivity index (χ3n) is 2.60. The van der Waals surface area contributed by atoms with Crippen molar-refractivity contribution in [1.29, 1.82) is 0 Å². The van der Waals surface area contributed by atoms with Crippen molar-refractivity contribution in [3.63, 3.8) is 0 Å². The highest BCUT2D eigenvalue weighted by Gasteiger charge is 2.30. The van der Waals surface area contributed by atoms with Crippen LogP contribution in [-0.4, -0.2) is 18.1 Å². The van der Waals surface area contributed by atoms with Crippen LogP contribution >= 0.6 is 11.3 Å². The van der Waals surface area contributed by atoms with E-state index in [9.17, 15) is 18.0 Å². The first-order valence-corrected chi connectivity index (χ1v) is 6.38. The Hall–Kier alpha value is -1.89. The molecule has 0 aliphatic rings. The summed E-state index contributed by atoms with van der Waals surface area (Å²) in [7, 11) is 1.24. The summed E-state index contributed by atoms with van der Waals surface area (Å²) in [6.07, 6.45) is -4.41. The van der Waals surface area contributed by atoms with Crippen molar-refractivity contribution in [2.24, 2.45) is 0 Å². The Labute approximate surface area is 117 Å². The molecule has 0 saturated carbocycles. The van der Waals surface area contributed by atoms with E-state index in [2.05, 4.69) is 9.72 Å². The van der Waals surface area contributed by atoms with Gasteiger partial charge in [0.15, 0.2) is 0 Å². The lowest BCUT2D eigenvalue weighted by molar-refractivity contribution is -0.137. The Kier molecular flexibility index (Phi) is 3.80. The standard InChI is InChI=1S/C13H10F3NO2S/c1-7-10(12(18)19-2)20-11(17-7)8-4-3-5-9(6-8)13(14,15)16/h3-6H,1-2H3. The molecule has 2 rings (SSSR count). The molecule has 106 valence electrons. The zero-order valence-corrected chi connectivity index (χ0v) is 11.4. The molecule has 2 aromatic rings. The van der Waals surface area contributed by atoms with Gasteiger partial charge in [-0.05, 0) is 19.1 Å². The average molecular weight is 301 g/mol. The van der Waals surface area contributed by atoms with Crippen LogP contribution in [0.4, 0.5) is 13.2 Å². The van der Waals surface area contributed by atoms with Gasteiger partial charge in [-0.1, -0.05) is 12.1 Å². The third kappa shape index (κ3) is 2.82. The number of ether oxygens (including phenoxy) is 1. The number of hydrogen-bond donors (Lipinski definition) is 0. The van der Waals surface area contributed by atoms with Crippen molar-refractivity contribution >= 4 is 17.3 Å². The second-order valence-corrected chi connectivity index (χ2v) is 5.00. The van der Waals surface area contributed by atoms with Gasteiger partial charge in [0.1, 0.15) is 9.88 Å². The number of nitrogens with zero attached hydrogens (tertiary/aromatic N) is 1. The Morgan fingerprint density at radius 2 is 2.05 bits per heavy atom. The van der Waals surface area contributed by atoms with E-state index in [1.54, 1.807) is 6.92 Å². The van der Waals surface area contributed by atoms with Crippen LogP contribution in [0.3, 0.4) is 0 Å². The molecule has 0 spiro atoms. The molecule has 1 aromatic heterocycles. The van der Waals surface area contributed by atoms with Gasteiger partial charge < -0.3 is 4.74 Å². The molecule has 0 atom stereocenters. The van der Waals surface area contributed by atoms with Crippen LogP contribution in [0, 0.1) is 6.92 Å². The molecule has 0 N–H and O–H groups in total. The molecule has 0 bridgehead atoms.